The Hall–Kier alpha value is -3.65. The van der Waals surface area contributed by atoms with Crippen molar-refractivity contribution < 1.29 is 9.53 Å². The highest BCUT2D eigenvalue weighted by atomic mass is 32.2. The highest BCUT2D eigenvalue weighted by Gasteiger charge is 2.35. The van der Waals surface area contributed by atoms with Crippen molar-refractivity contribution in [3.05, 3.63) is 70.9 Å². The van der Waals surface area contributed by atoms with Crippen molar-refractivity contribution in [3.63, 3.8) is 0 Å². The van der Waals surface area contributed by atoms with Crippen molar-refractivity contribution in [1.82, 2.24) is 9.58 Å². The second-order valence-electron chi connectivity index (χ2n) is 8.59. The molecule has 2 aromatic carbocycles. The van der Waals surface area contributed by atoms with Gasteiger partial charge in [0.2, 0.25) is 5.17 Å². The number of carbonyl (C=O) groups excluding carboxylic acids is 1. The largest absolute Gasteiger partial charge is 0.492 e. The highest BCUT2D eigenvalue weighted by Crippen LogP contribution is 2.32. The molecule has 7 nitrogen and oxygen atoms in total. The summed E-state index contributed by atoms with van der Waals surface area (Å²) in [5.74, 6) is 0.506. The first-order valence-electron chi connectivity index (χ1n) is 11.7. The van der Waals surface area contributed by atoms with E-state index in [4.69, 9.17) is 10.1 Å². The van der Waals surface area contributed by atoms with E-state index in [2.05, 4.69) is 34.6 Å². The first-order chi connectivity index (χ1) is 17.0. The summed E-state index contributed by atoms with van der Waals surface area (Å²) in [5.41, 5.74) is 4.42. The molecule has 1 aromatic heterocycles. The third-order valence-electron chi connectivity index (χ3n) is 6.13. The van der Waals surface area contributed by atoms with Gasteiger partial charge in [-0.1, -0.05) is 42.8 Å². The molecule has 2 aliphatic heterocycles. The third kappa shape index (κ3) is 4.41. The lowest BCUT2D eigenvalue weighted by Gasteiger charge is -2.20. The standard InChI is InChI=1S/C27H27N5O2S/c1-4-7-24-30-32-25(28)22(26(33)29-27(32)35-24)16-21-18(3)31(23-9-6-5-8-20(21)23)14-15-34-19-12-10-17(2)11-13-19/h5-6,8-13,16,28H,4,7,14-15H2,1-3H3/b22-16-,28-25?. The van der Waals surface area contributed by atoms with Gasteiger partial charge in [0.25, 0.3) is 5.91 Å². The first-order valence-corrected chi connectivity index (χ1v) is 12.5. The van der Waals surface area contributed by atoms with Crippen LogP contribution in [0.3, 0.4) is 0 Å². The third-order valence-corrected chi connectivity index (χ3v) is 7.10. The molecule has 5 rings (SSSR count). The molecule has 3 aromatic rings. The van der Waals surface area contributed by atoms with E-state index in [1.165, 1.54) is 22.3 Å². The van der Waals surface area contributed by atoms with Gasteiger partial charge in [-0.2, -0.15) is 15.1 Å². The second kappa shape index (κ2) is 9.54. The number of hydrazone groups is 1. The van der Waals surface area contributed by atoms with E-state index in [-0.39, 0.29) is 11.4 Å². The summed E-state index contributed by atoms with van der Waals surface area (Å²) >= 11 is 1.37. The van der Waals surface area contributed by atoms with Crippen LogP contribution in [0, 0.1) is 19.3 Å². The first kappa shape index (κ1) is 23.1. The fourth-order valence-corrected chi connectivity index (χ4v) is 5.29. The maximum Gasteiger partial charge on any atom is 0.283 e. The summed E-state index contributed by atoms with van der Waals surface area (Å²) in [4.78, 5) is 17.1. The molecule has 1 N–H and O–H groups in total. The zero-order valence-corrected chi connectivity index (χ0v) is 20.9. The molecule has 0 radical (unpaired) electrons. The Kier molecular flexibility index (Phi) is 6.30. The minimum atomic E-state index is -0.402. The van der Waals surface area contributed by atoms with Crippen molar-refractivity contribution in [3.8, 4) is 5.75 Å². The topological polar surface area (TPSA) is 83.0 Å². The van der Waals surface area contributed by atoms with Crippen molar-refractivity contribution in [2.24, 2.45) is 10.1 Å². The monoisotopic (exact) mass is 485 g/mol. The number of thioether (sulfide) groups is 1. The molecule has 0 unspecified atom stereocenters. The molecule has 0 saturated heterocycles. The van der Waals surface area contributed by atoms with Gasteiger partial charge in [0.1, 0.15) is 17.4 Å². The highest BCUT2D eigenvalue weighted by molar-refractivity contribution is 8.26. The van der Waals surface area contributed by atoms with E-state index >= 15 is 0 Å². The van der Waals surface area contributed by atoms with Crippen LogP contribution >= 0.6 is 11.8 Å². The molecule has 0 atom stereocenters. The average molecular weight is 486 g/mol. The number of amides is 1. The molecule has 0 bridgehead atoms. The molecule has 1 amide bonds. The number of rotatable bonds is 7. The van der Waals surface area contributed by atoms with Crippen LogP contribution in [-0.4, -0.2) is 38.1 Å². The van der Waals surface area contributed by atoms with Crippen molar-refractivity contribution >= 4 is 50.7 Å². The molecular weight excluding hydrogens is 458 g/mol. The van der Waals surface area contributed by atoms with Crippen LogP contribution in [0.15, 0.2) is 64.2 Å². The van der Waals surface area contributed by atoms with Crippen LogP contribution in [0.4, 0.5) is 0 Å². The predicted octanol–water partition coefficient (Wildman–Crippen LogP) is 5.76. The zero-order valence-electron chi connectivity index (χ0n) is 20.0. The minimum absolute atomic E-state index is 0.0672. The van der Waals surface area contributed by atoms with Crippen LogP contribution < -0.4 is 4.74 Å². The normalized spacial score (nSPS) is 16.7. The summed E-state index contributed by atoms with van der Waals surface area (Å²) < 4.78 is 8.17. The van der Waals surface area contributed by atoms with Crippen molar-refractivity contribution in [2.45, 2.75) is 40.2 Å². The fourth-order valence-electron chi connectivity index (χ4n) is 4.31. The Morgan fingerprint density at radius 3 is 2.66 bits per heavy atom. The molecule has 178 valence electrons. The molecule has 2 aliphatic rings. The predicted molar refractivity (Wildman–Crippen MR) is 143 cm³/mol. The quantitative estimate of drug-likeness (QED) is 0.432. The van der Waals surface area contributed by atoms with Crippen LogP contribution in [0.25, 0.3) is 17.0 Å². The maximum atomic E-state index is 12.9. The van der Waals surface area contributed by atoms with Crippen LogP contribution in [0.2, 0.25) is 0 Å². The maximum absolute atomic E-state index is 12.9. The smallest absolute Gasteiger partial charge is 0.283 e. The van der Waals surface area contributed by atoms with Gasteiger partial charge in [0.15, 0.2) is 5.84 Å². The zero-order chi connectivity index (χ0) is 24.5. The van der Waals surface area contributed by atoms with Crippen molar-refractivity contribution in [2.75, 3.05) is 6.61 Å². The molecule has 0 fully saturated rings. The number of benzene rings is 2. The number of aryl methyl sites for hydroxylation is 1. The second-order valence-corrected chi connectivity index (χ2v) is 9.63. The van der Waals surface area contributed by atoms with Crippen LogP contribution in [0.1, 0.15) is 36.6 Å². The summed E-state index contributed by atoms with van der Waals surface area (Å²) in [6, 6.07) is 16.1. The van der Waals surface area contributed by atoms with Crippen LogP contribution in [0.5, 0.6) is 5.75 Å². The number of hydrogen-bond donors (Lipinski definition) is 1. The van der Waals surface area contributed by atoms with E-state index in [0.29, 0.717) is 18.3 Å². The van der Waals surface area contributed by atoms with Gasteiger partial charge in [-0.25, -0.2) is 0 Å². The van der Waals surface area contributed by atoms with E-state index < -0.39 is 5.91 Å². The number of hydrogen-bond acceptors (Lipinski definition) is 5. The summed E-state index contributed by atoms with van der Waals surface area (Å²) in [6.07, 6.45) is 3.54. The van der Waals surface area contributed by atoms with Gasteiger partial charge in [-0.3, -0.25) is 10.2 Å². The molecule has 0 saturated carbocycles. The van der Waals surface area contributed by atoms with E-state index in [0.717, 1.165) is 45.8 Å². The molecule has 35 heavy (non-hydrogen) atoms. The number of amidine groups is 2. The van der Waals surface area contributed by atoms with Gasteiger partial charge in [-0.05, 0) is 62.7 Å². The Balaban J connectivity index is 1.46. The lowest BCUT2D eigenvalue weighted by molar-refractivity contribution is -0.114. The number of nitrogens with zero attached hydrogens (tertiary/aromatic N) is 4. The summed E-state index contributed by atoms with van der Waals surface area (Å²) in [6.45, 7) is 7.34. The molecule has 3 heterocycles. The number of nitrogens with one attached hydrogen (secondary N) is 1. The van der Waals surface area contributed by atoms with E-state index in [9.17, 15) is 4.79 Å². The molecule has 8 heteroatoms. The Labute approximate surface area is 208 Å². The summed E-state index contributed by atoms with van der Waals surface area (Å²) in [7, 11) is 0. The molecule has 0 spiro atoms. The van der Waals surface area contributed by atoms with E-state index in [1.807, 2.05) is 49.4 Å². The van der Waals surface area contributed by atoms with Gasteiger partial charge in [-0.15, -0.1) is 0 Å². The Morgan fingerprint density at radius 1 is 1.11 bits per heavy atom. The lowest BCUT2D eigenvalue weighted by atomic mass is 10.1. The Morgan fingerprint density at radius 2 is 1.89 bits per heavy atom. The Bertz CT molecular complexity index is 1420. The minimum Gasteiger partial charge on any atom is -0.492 e. The molecular formula is C27H27N5O2S. The molecule has 0 aliphatic carbocycles. The number of aliphatic imine (C=N–C) groups is 1. The SMILES string of the molecule is CCCC1=NN2C(=N)/C(=C/c3c(C)n(CCOc4ccc(C)cc4)c4ccccc34)C(=O)N=C2S1. The average Bonchev–Trinajstić information content (AvgIpc) is 3.37. The fraction of sp³-hybridized carbons (Fsp3) is 0.259. The van der Waals surface area contributed by atoms with Gasteiger partial charge < -0.3 is 9.30 Å². The lowest BCUT2D eigenvalue weighted by Crippen LogP contribution is -2.35. The number of fused-ring (bicyclic) bond motifs is 2. The van der Waals surface area contributed by atoms with E-state index in [1.54, 1.807) is 6.08 Å². The number of carbonyl (C=O) groups is 1. The number of aromatic nitrogens is 1. The number of para-hydroxylation sites is 1. The van der Waals surface area contributed by atoms with Crippen LogP contribution in [-0.2, 0) is 11.3 Å². The van der Waals surface area contributed by atoms with Gasteiger partial charge in [0, 0.05) is 22.2 Å². The summed E-state index contributed by atoms with van der Waals surface area (Å²) in [5, 5.41) is 17.1. The van der Waals surface area contributed by atoms with Gasteiger partial charge >= 0.3 is 0 Å². The number of ether oxygens (including phenoxy) is 1. The van der Waals surface area contributed by atoms with Gasteiger partial charge in [0.05, 0.1) is 12.1 Å². The van der Waals surface area contributed by atoms with Crippen molar-refractivity contribution in [1.29, 1.82) is 5.41 Å².